The number of rotatable bonds is 4. The summed E-state index contributed by atoms with van der Waals surface area (Å²) in [7, 11) is -2.80. The van der Waals surface area contributed by atoms with Crippen molar-refractivity contribution in [2.45, 2.75) is 4.21 Å². The standard InChI is InChI=1S/C11H8BrClN2O4S2/c1-19-10(16)9-11(20-5-14-9)21(17,18)15-6-2-3-7(12)8(13)4-6/h2-5,15H,1H3. The minimum Gasteiger partial charge on any atom is -0.464 e. The molecule has 1 heterocycles. The molecular formula is C11H8BrClN2O4S2. The van der Waals surface area contributed by atoms with Crippen molar-refractivity contribution < 1.29 is 17.9 Å². The molecule has 10 heteroatoms. The zero-order chi connectivity index (χ0) is 15.6. The first-order chi connectivity index (χ1) is 9.85. The molecule has 0 bridgehead atoms. The average molecular weight is 412 g/mol. The van der Waals surface area contributed by atoms with E-state index in [0.29, 0.717) is 9.50 Å². The first-order valence-corrected chi connectivity index (χ1v) is 8.88. The van der Waals surface area contributed by atoms with Crippen molar-refractivity contribution >= 4 is 60.5 Å². The van der Waals surface area contributed by atoms with Gasteiger partial charge >= 0.3 is 5.97 Å². The number of anilines is 1. The van der Waals surface area contributed by atoms with E-state index in [1.807, 2.05) is 0 Å². The number of hydrogen-bond donors (Lipinski definition) is 1. The highest BCUT2D eigenvalue weighted by Crippen LogP contribution is 2.28. The van der Waals surface area contributed by atoms with Crippen LogP contribution >= 0.6 is 38.9 Å². The number of nitrogens with one attached hydrogen (secondary N) is 1. The van der Waals surface area contributed by atoms with Gasteiger partial charge in [0.1, 0.15) is 0 Å². The molecule has 6 nitrogen and oxygen atoms in total. The lowest BCUT2D eigenvalue weighted by Crippen LogP contribution is -2.16. The number of sulfonamides is 1. The minimum absolute atomic E-state index is 0.214. The highest BCUT2D eigenvalue weighted by molar-refractivity contribution is 9.10. The van der Waals surface area contributed by atoms with Gasteiger partial charge in [0, 0.05) is 4.47 Å². The van der Waals surface area contributed by atoms with Gasteiger partial charge in [-0.25, -0.2) is 18.2 Å². The summed E-state index contributed by atoms with van der Waals surface area (Å²) in [5.41, 5.74) is 1.28. The number of halogens is 2. The molecule has 2 aromatic rings. The fourth-order valence-corrected chi connectivity index (χ4v) is 4.03. The van der Waals surface area contributed by atoms with Gasteiger partial charge < -0.3 is 4.74 Å². The number of aromatic nitrogens is 1. The van der Waals surface area contributed by atoms with Crippen molar-refractivity contribution in [1.29, 1.82) is 0 Å². The van der Waals surface area contributed by atoms with Gasteiger partial charge in [-0.05, 0) is 34.1 Å². The first kappa shape index (κ1) is 16.2. The summed E-state index contributed by atoms with van der Waals surface area (Å²) in [5, 5.41) is 0.354. The topological polar surface area (TPSA) is 85.4 Å². The van der Waals surface area contributed by atoms with E-state index in [2.05, 4.69) is 30.4 Å². The number of thiazole rings is 1. The molecule has 1 N–H and O–H groups in total. The second-order valence-corrected chi connectivity index (χ2v) is 7.71. The molecular weight excluding hydrogens is 404 g/mol. The number of hydrogen-bond acceptors (Lipinski definition) is 6. The Morgan fingerprint density at radius 3 is 2.81 bits per heavy atom. The number of carbonyl (C=O) groups is 1. The second-order valence-electron chi connectivity index (χ2n) is 3.71. The van der Waals surface area contributed by atoms with Gasteiger partial charge in [-0.3, -0.25) is 4.72 Å². The third-order valence-corrected chi connectivity index (χ3v) is 6.31. The molecule has 1 aromatic heterocycles. The Bertz CT molecular complexity index is 791. The van der Waals surface area contributed by atoms with E-state index in [1.54, 1.807) is 6.07 Å². The molecule has 0 fully saturated rings. The molecule has 0 unspecified atom stereocenters. The SMILES string of the molecule is COC(=O)c1ncsc1S(=O)(=O)Nc1ccc(Br)c(Cl)c1. The third-order valence-electron chi connectivity index (χ3n) is 2.33. The van der Waals surface area contributed by atoms with Crippen molar-refractivity contribution in [3.05, 3.63) is 38.9 Å². The maximum Gasteiger partial charge on any atom is 0.358 e. The molecule has 0 aliphatic heterocycles. The fraction of sp³-hybridized carbons (Fsp3) is 0.0909. The van der Waals surface area contributed by atoms with Crippen LogP contribution in [0.4, 0.5) is 5.69 Å². The normalized spacial score (nSPS) is 11.2. The molecule has 0 amide bonds. The van der Waals surface area contributed by atoms with E-state index in [4.69, 9.17) is 11.6 Å². The number of esters is 1. The fourth-order valence-electron chi connectivity index (χ4n) is 1.42. The van der Waals surface area contributed by atoms with Gasteiger partial charge in [-0.15, -0.1) is 11.3 Å². The molecule has 0 radical (unpaired) electrons. The number of nitrogens with zero attached hydrogens (tertiary/aromatic N) is 1. The van der Waals surface area contributed by atoms with Crippen LogP contribution in [-0.4, -0.2) is 26.5 Å². The lowest BCUT2D eigenvalue weighted by molar-refractivity contribution is 0.0590. The van der Waals surface area contributed by atoms with Crippen LogP contribution in [0.5, 0.6) is 0 Å². The highest BCUT2D eigenvalue weighted by Gasteiger charge is 2.26. The molecule has 1 aromatic carbocycles. The monoisotopic (exact) mass is 410 g/mol. The van der Waals surface area contributed by atoms with Crippen LogP contribution in [0.1, 0.15) is 10.5 Å². The van der Waals surface area contributed by atoms with E-state index in [1.165, 1.54) is 17.6 Å². The summed E-state index contributed by atoms with van der Waals surface area (Å²) >= 11 is 9.94. The number of ether oxygens (including phenoxy) is 1. The van der Waals surface area contributed by atoms with E-state index in [-0.39, 0.29) is 15.6 Å². The molecule has 0 saturated heterocycles. The summed E-state index contributed by atoms with van der Waals surface area (Å²) in [6.45, 7) is 0. The van der Waals surface area contributed by atoms with Crippen LogP contribution < -0.4 is 4.72 Å². The lowest BCUT2D eigenvalue weighted by atomic mass is 10.3. The molecule has 0 saturated carbocycles. The molecule has 0 aliphatic rings. The summed E-state index contributed by atoms with van der Waals surface area (Å²) in [5.74, 6) is -0.814. The Balaban J connectivity index is 2.37. The van der Waals surface area contributed by atoms with Crippen molar-refractivity contribution in [1.82, 2.24) is 4.98 Å². The molecule has 0 spiro atoms. The summed E-state index contributed by atoms with van der Waals surface area (Å²) in [6, 6.07) is 4.59. The number of methoxy groups -OCH3 is 1. The quantitative estimate of drug-likeness (QED) is 0.781. The van der Waals surface area contributed by atoms with E-state index >= 15 is 0 Å². The zero-order valence-corrected chi connectivity index (χ0v) is 14.4. The summed E-state index contributed by atoms with van der Waals surface area (Å²) in [6.07, 6.45) is 0. The van der Waals surface area contributed by atoms with Gasteiger partial charge in [0.2, 0.25) is 0 Å². The van der Waals surface area contributed by atoms with E-state index < -0.39 is 16.0 Å². The molecule has 21 heavy (non-hydrogen) atoms. The van der Waals surface area contributed by atoms with Gasteiger partial charge in [0.05, 0.1) is 23.3 Å². The highest BCUT2D eigenvalue weighted by atomic mass is 79.9. The van der Waals surface area contributed by atoms with Gasteiger partial charge in [-0.2, -0.15) is 0 Å². The van der Waals surface area contributed by atoms with Crippen LogP contribution in [0.3, 0.4) is 0 Å². The van der Waals surface area contributed by atoms with Gasteiger partial charge in [0.25, 0.3) is 10.0 Å². The van der Waals surface area contributed by atoms with E-state index in [9.17, 15) is 13.2 Å². The Kier molecular flexibility index (Phi) is 4.87. The molecule has 0 atom stereocenters. The average Bonchev–Trinajstić information content (AvgIpc) is 2.92. The van der Waals surface area contributed by atoms with Crippen molar-refractivity contribution in [2.75, 3.05) is 11.8 Å². The van der Waals surface area contributed by atoms with Gasteiger partial charge in [-0.1, -0.05) is 11.6 Å². The van der Waals surface area contributed by atoms with Crippen molar-refractivity contribution in [2.24, 2.45) is 0 Å². The van der Waals surface area contributed by atoms with E-state index in [0.717, 1.165) is 18.4 Å². The molecule has 112 valence electrons. The predicted molar refractivity (Wildman–Crippen MR) is 83.4 cm³/mol. The molecule has 2 rings (SSSR count). The van der Waals surface area contributed by atoms with Crippen LogP contribution in [0.2, 0.25) is 5.02 Å². The minimum atomic E-state index is -3.95. The molecule has 0 aliphatic carbocycles. The predicted octanol–water partition coefficient (Wildman–Crippen LogP) is 3.15. The third kappa shape index (κ3) is 3.54. The maximum atomic E-state index is 12.3. The van der Waals surface area contributed by atoms with Crippen LogP contribution in [0, 0.1) is 0 Å². The van der Waals surface area contributed by atoms with Crippen molar-refractivity contribution in [3.8, 4) is 0 Å². The zero-order valence-electron chi connectivity index (χ0n) is 10.5. The Hall–Kier alpha value is -1.16. The second kappa shape index (κ2) is 6.30. The lowest BCUT2D eigenvalue weighted by Gasteiger charge is -2.08. The van der Waals surface area contributed by atoms with Crippen LogP contribution in [0.25, 0.3) is 0 Å². The summed E-state index contributed by atoms with van der Waals surface area (Å²) < 4.78 is 31.9. The van der Waals surface area contributed by atoms with Crippen molar-refractivity contribution in [3.63, 3.8) is 0 Å². The Labute approximate surface area is 138 Å². The largest absolute Gasteiger partial charge is 0.464 e. The smallest absolute Gasteiger partial charge is 0.358 e. The van der Waals surface area contributed by atoms with Crippen LogP contribution in [0.15, 0.2) is 32.4 Å². The first-order valence-electron chi connectivity index (χ1n) is 5.35. The Morgan fingerprint density at radius 1 is 1.48 bits per heavy atom. The van der Waals surface area contributed by atoms with Gasteiger partial charge in [0.15, 0.2) is 9.90 Å². The van der Waals surface area contributed by atoms with Crippen LogP contribution in [-0.2, 0) is 14.8 Å². The number of benzene rings is 1. The maximum absolute atomic E-state index is 12.3. The summed E-state index contributed by atoms with van der Waals surface area (Å²) in [4.78, 5) is 15.2. The Morgan fingerprint density at radius 2 is 2.19 bits per heavy atom. The number of carbonyl (C=O) groups excluding carboxylic acids is 1.